The second-order valence-electron chi connectivity index (χ2n) is 6.36. The summed E-state index contributed by atoms with van der Waals surface area (Å²) in [4.78, 5) is 12.0. The van der Waals surface area contributed by atoms with E-state index in [0.717, 1.165) is 0 Å². The minimum absolute atomic E-state index is 0.0471. The largest absolute Gasteiger partial charge is 0.460 e. The van der Waals surface area contributed by atoms with Crippen LogP contribution in [0.15, 0.2) is 42.0 Å². The van der Waals surface area contributed by atoms with E-state index in [1.54, 1.807) is 0 Å². The predicted octanol–water partition coefficient (Wildman–Crippen LogP) is 5.77. The molecule has 1 aromatic carbocycles. The van der Waals surface area contributed by atoms with Gasteiger partial charge in [0, 0.05) is 5.92 Å². The maximum absolute atomic E-state index is 14.4. The highest BCUT2D eigenvalue weighted by Gasteiger charge is 2.83. The van der Waals surface area contributed by atoms with Crippen LogP contribution in [0.4, 0.5) is 39.5 Å². The van der Waals surface area contributed by atoms with Gasteiger partial charge in [-0.1, -0.05) is 35.9 Å². The summed E-state index contributed by atoms with van der Waals surface area (Å²) in [5.74, 6) is -26.2. The lowest BCUT2D eigenvalue weighted by atomic mass is 9.70. The van der Waals surface area contributed by atoms with Crippen molar-refractivity contribution in [2.75, 3.05) is 0 Å². The zero-order chi connectivity index (χ0) is 20.8. The summed E-state index contributed by atoms with van der Waals surface area (Å²) in [7, 11) is 0. The van der Waals surface area contributed by atoms with Crippen LogP contribution in [0.5, 0.6) is 0 Å². The summed E-state index contributed by atoms with van der Waals surface area (Å²) < 4.78 is 120. The number of hydrogen-bond donors (Lipinski definition) is 0. The Morgan fingerprint density at radius 1 is 0.852 bits per heavy atom. The molecule has 0 amide bonds. The molecule has 0 aliphatic heterocycles. The average Bonchev–Trinajstić information content (AvgIpc) is 2.53. The van der Waals surface area contributed by atoms with E-state index in [1.807, 2.05) is 0 Å². The minimum Gasteiger partial charge on any atom is -0.294 e. The fourth-order valence-corrected chi connectivity index (χ4v) is 3.08. The number of hydrogen-bond acceptors (Lipinski definition) is 1. The highest BCUT2D eigenvalue weighted by molar-refractivity contribution is 5.95. The first kappa shape index (κ1) is 21.3. The zero-order valence-corrected chi connectivity index (χ0v) is 13.6. The molecule has 0 saturated heterocycles. The molecule has 0 fully saturated rings. The maximum atomic E-state index is 14.4. The summed E-state index contributed by atoms with van der Waals surface area (Å²) >= 11 is 0. The highest BCUT2D eigenvalue weighted by atomic mass is 19.4. The van der Waals surface area contributed by atoms with Crippen LogP contribution in [0.3, 0.4) is 0 Å². The van der Waals surface area contributed by atoms with E-state index >= 15 is 0 Å². The fraction of sp³-hybridized carbons (Fsp3) is 0.471. The molecule has 1 aliphatic rings. The molecule has 27 heavy (non-hydrogen) atoms. The molecule has 0 aromatic heterocycles. The highest BCUT2D eigenvalue weighted by Crippen LogP contribution is 2.58. The van der Waals surface area contributed by atoms with E-state index in [9.17, 15) is 44.3 Å². The Kier molecular flexibility index (Phi) is 5.17. The van der Waals surface area contributed by atoms with Gasteiger partial charge >= 0.3 is 23.9 Å². The molecule has 1 aromatic rings. The number of allylic oxidation sites excluding steroid dienone is 2. The third-order valence-electron chi connectivity index (χ3n) is 4.43. The molecule has 1 aliphatic carbocycles. The van der Waals surface area contributed by atoms with Gasteiger partial charge < -0.3 is 0 Å². The molecule has 2 unspecified atom stereocenters. The molecule has 0 saturated carbocycles. The molecule has 0 spiro atoms. The van der Waals surface area contributed by atoms with Gasteiger partial charge in [0.05, 0.1) is 5.92 Å². The molecular formula is C17H13F9O. The fourth-order valence-electron chi connectivity index (χ4n) is 3.08. The Morgan fingerprint density at radius 3 is 1.85 bits per heavy atom. The van der Waals surface area contributed by atoms with E-state index in [2.05, 4.69) is 0 Å². The first-order valence-electron chi connectivity index (χ1n) is 7.60. The van der Waals surface area contributed by atoms with Gasteiger partial charge in [-0.3, -0.25) is 4.79 Å². The molecule has 0 bridgehead atoms. The van der Waals surface area contributed by atoms with Crippen molar-refractivity contribution in [1.29, 1.82) is 0 Å². The molecule has 0 N–H and O–H groups in total. The van der Waals surface area contributed by atoms with Gasteiger partial charge in [-0.15, -0.1) is 0 Å². The molecule has 1 nitrogen and oxygen atoms in total. The Morgan fingerprint density at radius 2 is 1.37 bits per heavy atom. The lowest BCUT2D eigenvalue weighted by molar-refractivity contribution is -0.401. The van der Waals surface area contributed by atoms with E-state index in [1.165, 1.54) is 37.3 Å². The molecule has 150 valence electrons. The molecule has 0 radical (unpaired) electrons. The van der Waals surface area contributed by atoms with Crippen LogP contribution >= 0.6 is 0 Å². The number of ketones is 1. The summed E-state index contributed by atoms with van der Waals surface area (Å²) in [6, 6.07) is 6.55. The van der Waals surface area contributed by atoms with Crippen molar-refractivity contribution >= 4 is 5.78 Å². The van der Waals surface area contributed by atoms with Crippen LogP contribution < -0.4 is 0 Å². The summed E-state index contributed by atoms with van der Waals surface area (Å²) in [5, 5.41) is 0. The maximum Gasteiger partial charge on any atom is 0.460 e. The van der Waals surface area contributed by atoms with Crippen molar-refractivity contribution in [3.63, 3.8) is 0 Å². The first-order chi connectivity index (χ1) is 12.1. The van der Waals surface area contributed by atoms with Crippen LogP contribution in [0, 0.1) is 5.92 Å². The van der Waals surface area contributed by atoms with Crippen molar-refractivity contribution in [2.24, 2.45) is 5.92 Å². The van der Waals surface area contributed by atoms with Crippen LogP contribution in [0.2, 0.25) is 0 Å². The number of benzene rings is 1. The monoisotopic (exact) mass is 404 g/mol. The van der Waals surface area contributed by atoms with Gasteiger partial charge in [-0.05, 0) is 25.0 Å². The van der Waals surface area contributed by atoms with Crippen molar-refractivity contribution < 1.29 is 44.3 Å². The van der Waals surface area contributed by atoms with Crippen LogP contribution in [0.1, 0.15) is 24.8 Å². The topological polar surface area (TPSA) is 17.1 Å². The van der Waals surface area contributed by atoms with Crippen molar-refractivity contribution in [1.82, 2.24) is 0 Å². The Bertz CT molecular complexity index is 735. The normalized spacial score (nSPS) is 22.6. The molecular weight excluding hydrogens is 391 g/mol. The second kappa shape index (κ2) is 6.56. The van der Waals surface area contributed by atoms with Gasteiger partial charge in [-0.25, -0.2) is 0 Å². The van der Waals surface area contributed by atoms with Crippen LogP contribution in [-0.4, -0.2) is 29.7 Å². The minimum atomic E-state index is -7.03. The number of alkyl halides is 9. The summed E-state index contributed by atoms with van der Waals surface area (Å²) in [6.45, 7) is 1.34. The van der Waals surface area contributed by atoms with Crippen molar-refractivity contribution in [2.45, 2.75) is 43.2 Å². The second-order valence-corrected chi connectivity index (χ2v) is 6.36. The smallest absolute Gasteiger partial charge is 0.294 e. The molecule has 2 rings (SSSR count). The van der Waals surface area contributed by atoms with Crippen molar-refractivity contribution in [3.8, 4) is 0 Å². The Balaban J connectivity index is 2.61. The number of halogens is 9. The Labute approximate surface area is 147 Å². The van der Waals surface area contributed by atoms with Gasteiger partial charge in [-0.2, -0.15) is 39.5 Å². The van der Waals surface area contributed by atoms with Gasteiger partial charge in [0.1, 0.15) is 0 Å². The average molecular weight is 404 g/mol. The van der Waals surface area contributed by atoms with E-state index < -0.39 is 41.6 Å². The van der Waals surface area contributed by atoms with Gasteiger partial charge in [0.2, 0.25) is 0 Å². The third-order valence-corrected chi connectivity index (χ3v) is 4.43. The Hall–Kier alpha value is -2.00. The predicted molar refractivity (Wildman–Crippen MR) is 77.0 cm³/mol. The number of carbonyl (C=O) groups excluding carboxylic acids is 1. The summed E-state index contributed by atoms with van der Waals surface area (Å²) in [5.41, 5.74) is 0.168. The molecule has 2 atom stereocenters. The standard InChI is InChI=1S/C17H13F9O/c1-9-7-11(10-5-3-2-4-6-10)13(12(27)8-9)14(18,19)15(20,21)16(22,23)17(24,25)26/h2-6,8,11,13H,7H2,1H3. The summed E-state index contributed by atoms with van der Waals surface area (Å²) in [6.07, 6.45) is -6.73. The molecule has 0 heterocycles. The number of carbonyl (C=O) groups is 1. The van der Waals surface area contributed by atoms with E-state index in [-0.39, 0.29) is 17.6 Å². The lowest BCUT2D eigenvalue weighted by Gasteiger charge is -2.41. The SMILES string of the molecule is CC1=CC(=O)C(C(F)(F)C(F)(F)C(F)(F)C(F)(F)F)C(c2ccccc2)C1. The van der Waals surface area contributed by atoms with Crippen LogP contribution in [-0.2, 0) is 4.79 Å². The van der Waals surface area contributed by atoms with Crippen LogP contribution in [0.25, 0.3) is 0 Å². The van der Waals surface area contributed by atoms with E-state index in [4.69, 9.17) is 0 Å². The van der Waals surface area contributed by atoms with E-state index in [0.29, 0.717) is 6.08 Å². The molecule has 10 heteroatoms. The van der Waals surface area contributed by atoms with Crippen molar-refractivity contribution in [3.05, 3.63) is 47.5 Å². The quantitative estimate of drug-likeness (QED) is 0.582. The van der Waals surface area contributed by atoms with Gasteiger partial charge in [0.15, 0.2) is 5.78 Å². The van der Waals surface area contributed by atoms with Gasteiger partial charge in [0.25, 0.3) is 0 Å². The third kappa shape index (κ3) is 3.34. The number of rotatable bonds is 4. The first-order valence-corrected chi connectivity index (χ1v) is 7.60. The lowest BCUT2D eigenvalue weighted by Crippen LogP contribution is -2.64. The zero-order valence-electron chi connectivity index (χ0n) is 13.6.